The van der Waals surface area contributed by atoms with Crippen molar-refractivity contribution in [1.29, 1.82) is 5.26 Å². The lowest BCUT2D eigenvalue weighted by Crippen LogP contribution is -2.04. The highest BCUT2D eigenvalue weighted by Crippen LogP contribution is 2.34. The van der Waals surface area contributed by atoms with Crippen LogP contribution in [0.1, 0.15) is 11.1 Å². The molecule has 0 amide bonds. The van der Waals surface area contributed by atoms with E-state index in [-0.39, 0.29) is 5.75 Å². The van der Waals surface area contributed by atoms with Gasteiger partial charge in [-0.25, -0.2) is 0 Å². The van der Waals surface area contributed by atoms with Gasteiger partial charge in [0.25, 0.3) is 0 Å². The molecule has 0 bridgehead atoms. The summed E-state index contributed by atoms with van der Waals surface area (Å²) in [5, 5.41) is 9.68. The molecule has 3 nitrogen and oxygen atoms in total. The molecule has 6 heteroatoms. The predicted molar refractivity (Wildman–Crippen MR) is 78.0 cm³/mol. The molecule has 1 aromatic heterocycles. The van der Waals surface area contributed by atoms with E-state index in [0.29, 0.717) is 22.2 Å². The molecule has 3 aromatic rings. The van der Waals surface area contributed by atoms with E-state index in [4.69, 9.17) is 10.00 Å². The first-order valence-corrected chi connectivity index (χ1v) is 6.62. The van der Waals surface area contributed by atoms with E-state index in [1.165, 1.54) is 24.4 Å². The van der Waals surface area contributed by atoms with Gasteiger partial charge in [-0.15, -0.1) is 0 Å². The quantitative estimate of drug-likeness (QED) is 0.674. The minimum absolute atomic E-state index is 0.0523. The van der Waals surface area contributed by atoms with E-state index >= 15 is 0 Å². The van der Waals surface area contributed by atoms with Gasteiger partial charge in [0.2, 0.25) is 0 Å². The number of nitriles is 1. The number of nitrogens with zero attached hydrogens (tertiary/aromatic N) is 2. The molecular weight excluding hydrogens is 305 g/mol. The lowest BCUT2D eigenvalue weighted by atomic mass is 10.1. The Hall–Kier alpha value is -3.07. The molecular formula is C17H9F3N2O. The van der Waals surface area contributed by atoms with Crippen molar-refractivity contribution in [1.82, 2.24) is 4.98 Å². The van der Waals surface area contributed by atoms with E-state index in [0.717, 1.165) is 12.1 Å². The zero-order valence-electron chi connectivity index (χ0n) is 11.6. The molecule has 1 heterocycles. The molecule has 114 valence electrons. The maximum atomic E-state index is 12.8. The summed E-state index contributed by atoms with van der Waals surface area (Å²) in [5.41, 5.74) is 0.0503. The zero-order valence-corrected chi connectivity index (χ0v) is 11.6. The van der Waals surface area contributed by atoms with Crippen molar-refractivity contribution < 1.29 is 17.9 Å². The van der Waals surface area contributed by atoms with Crippen molar-refractivity contribution in [2.24, 2.45) is 0 Å². The van der Waals surface area contributed by atoms with Crippen LogP contribution in [-0.2, 0) is 6.18 Å². The van der Waals surface area contributed by atoms with Crippen LogP contribution in [0.25, 0.3) is 10.9 Å². The fourth-order valence-electron chi connectivity index (χ4n) is 2.19. The fraction of sp³-hybridized carbons (Fsp3) is 0.0588. The Balaban J connectivity index is 2.05. The summed E-state index contributed by atoms with van der Waals surface area (Å²) in [6.07, 6.45) is -2.91. The summed E-state index contributed by atoms with van der Waals surface area (Å²) in [6.45, 7) is 0. The maximum Gasteiger partial charge on any atom is 0.416 e. The predicted octanol–water partition coefficient (Wildman–Crippen LogP) is 4.92. The minimum atomic E-state index is -4.44. The van der Waals surface area contributed by atoms with Gasteiger partial charge in [0.05, 0.1) is 17.2 Å². The van der Waals surface area contributed by atoms with Crippen molar-refractivity contribution in [2.75, 3.05) is 0 Å². The van der Waals surface area contributed by atoms with Crippen LogP contribution in [-0.4, -0.2) is 4.98 Å². The van der Waals surface area contributed by atoms with Gasteiger partial charge in [-0.1, -0.05) is 6.07 Å². The SMILES string of the molecule is N#Cc1ccc(Oc2cccc(C(F)(F)F)c2)c2ncccc12. The number of rotatable bonds is 2. The van der Waals surface area contributed by atoms with Crippen molar-refractivity contribution in [3.05, 3.63) is 65.9 Å². The fourth-order valence-corrected chi connectivity index (χ4v) is 2.19. The van der Waals surface area contributed by atoms with Gasteiger partial charge >= 0.3 is 6.18 Å². The first kappa shape index (κ1) is 14.9. The highest BCUT2D eigenvalue weighted by Gasteiger charge is 2.30. The Morgan fingerprint density at radius 2 is 1.87 bits per heavy atom. The van der Waals surface area contributed by atoms with Crippen molar-refractivity contribution in [3.8, 4) is 17.6 Å². The standard InChI is InChI=1S/C17H9F3N2O/c18-17(19,20)12-3-1-4-13(9-12)23-15-7-6-11(10-21)14-5-2-8-22-16(14)15/h1-9H. The second-order valence-electron chi connectivity index (χ2n) is 4.75. The van der Waals surface area contributed by atoms with Crippen LogP contribution in [0.4, 0.5) is 13.2 Å². The minimum Gasteiger partial charge on any atom is -0.455 e. The van der Waals surface area contributed by atoms with Gasteiger partial charge < -0.3 is 4.74 Å². The average Bonchev–Trinajstić information content (AvgIpc) is 2.55. The number of hydrogen-bond acceptors (Lipinski definition) is 3. The van der Waals surface area contributed by atoms with Gasteiger partial charge in [-0.2, -0.15) is 18.4 Å². The number of ether oxygens (including phenoxy) is 1. The molecule has 0 radical (unpaired) electrons. The van der Waals surface area contributed by atoms with Crippen LogP contribution >= 0.6 is 0 Å². The largest absolute Gasteiger partial charge is 0.455 e. The van der Waals surface area contributed by atoms with Crippen LogP contribution in [0.15, 0.2) is 54.7 Å². The third-order valence-electron chi connectivity index (χ3n) is 3.24. The smallest absolute Gasteiger partial charge is 0.416 e. The Morgan fingerprint density at radius 1 is 1.04 bits per heavy atom. The first-order chi connectivity index (χ1) is 11.0. The van der Waals surface area contributed by atoms with Gasteiger partial charge in [0, 0.05) is 11.6 Å². The highest BCUT2D eigenvalue weighted by molar-refractivity contribution is 5.89. The molecule has 0 saturated carbocycles. The summed E-state index contributed by atoms with van der Waals surface area (Å²) in [7, 11) is 0. The number of alkyl halides is 3. The van der Waals surface area contributed by atoms with Crippen molar-refractivity contribution in [2.45, 2.75) is 6.18 Å². The summed E-state index contributed by atoms with van der Waals surface area (Å²) in [4.78, 5) is 4.16. The van der Waals surface area contributed by atoms with Crippen LogP contribution < -0.4 is 4.74 Å². The van der Waals surface area contributed by atoms with Crippen molar-refractivity contribution in [3.63, 3.8) is 0 Å². The third-order valence-corrected chi connectivity index (χ3v) is 3.24. The normalized spacial score (nSPS) is 11.2. The van der Waals surface area contributed by atoms with E-state index in [1.807, 2.05) is 6.07 Å². The van der Waals surface area contributed by atoms with Crippen LogP contribution in [0, 0.1) is 11.3 Å². The lowest BCUT2D eigenvalue weighted by Gasteiger charge is -2.11. The molecule has 23 heavy (non-hydrogen) atoms. The third kappa shape index (κ3) is 2.94. The van der Waals surface area contributed by atoms with Crippen LogP contribution in [0.3, 0.4) is 0 Å². The zero-order chi connectivity index (χ0) is 16.4. The summed E-state index contributed by atoms with van der Waals surface area (Å²) in [5.74, 6) is 0.343. The molecule has 3 rings (SSSR count). The number of hydrogen-bond donors (Lipinski definition) is 0. The second-order valence-corrected chi connectivity index (χ2v) is 4.75. The highest BCUT2D eigenvalue weighted by atomic mass is 19.4. The molecule has 0 N–H and O–H groups in total. The molecule has 2 aromatic carbocycles. The van der Waals surface area contributed by atoms with Gasteiger partial charge in [-0.3, -0.25) is 4.98 Å². The lowest BCUT2D eigenvalue weighted by molar-refractivity contribution is -0.137. The first-order valence-electron chi connectivity index (χ1n) is 6.62. The van der Waals surface area contributed by atoms with Gasteiger partial charge in [-0.05, 0) is 42.5 Å². The van der Waals surface area contributed by atoms with Crippen LogP contribution in [0.2, 0.25) is 0 Å². The van der Waals surface area contributed by atoms with E-state index < -0.39 is 11.7 Å². The molecule has 0 aliphatic heterocycles. The molecule has 0 aliphatic rings. The van der Waals surface area contributed by atoms with E-state index in [2.05, 4.69) is 4.98 Å². The Bertz CT molecular complexity index is 914. The molecule has 0 aliphatic carbocycles. The maximum absolute atomic E-state index is 12.8. The summed E-state index contributed by atoms with van der Waals surface area (Å²) in [6, 6.07) is 13.1. The van der Waals surface area contributed by atoms with E-state index in [1.54, 1.807) is 18.2 Å². The number of benzene rings is 2. The summed E-state index contributed by atoms with van der Waals surface area (Å²) < 4.78 is 43.8. The summed E-state index contributed by atoms with van der Waals surface area (Å²) >= 11 is 0. The average molecular weight is 314 g/mol. The Kier molecular flexibility index (Phi) is 3.62. The molecule has 0 unspecified atom stereocenters. The number of halogens is 3. The number of pyridine rings is 1. The monoisotopic (exact) mass is 314 g/mol. The van der Waals surface area contributed by atoms with Gasteiger partial charge in [0.15, 0.2) is 5.75 Å². The number of aromatic nitrogens is 1. The van der Waals surface area contributed by atoms with Crippen molar-refractivity contribution >= 4 is 10.9 Å². The topological polar surface area (TPSA) is 45.9 Å². The molecule has 0 fully saturated rings. The second kappa shape index (κ2) is 5.61. The van der Waals surface area contributed by atoms with Crippen LogP contribution in [0.5, 0.6) is 11.5 Å². The van der Waals surface area contributed by atoms with E-state index in [9.17, 15) is 13.2 Å². The van der Waals surface area contributed by atoms with Gasteiger partial charge in [0.1, 0.15) is 11.3 Å². The number of fused-ring (bicyclic) bond motifs is 1. The molecule has 0 atom stereocenters. The molecule has 0 saturated heterocycles. The Morgan fingerprint density at radius 3 is 2.61 bits per heavy atom. The molecule has 0 spiro atoms. The Labute approximate surface area is 129 Å².